The van der Waals surface area contributed by atoms with Crippen molar-refractivity contribution in [1.82, 2.24) is 0 Å². The molecule has 2 aromatic heterocycles. The van der Waals surface area contributed by atoms with E-state index < -0.39 is 0 Å². The second-order valence-electron chi connectivity index (χ2n) is 15.1. The van der Waals surface area contributed by atoms with Crippen LogP contribution in [-0.2, 0) is 0 Å². The second kappa shape index (κ2) is 21.5. The highest BCUT2D eigenvalue weighted by molar-refractivity contribution is 5.76. The van der Waals surface area contributed by atoms with Crippen molar-refractivity contribution in [2.45, 2.75) is 0 Å². The number of anilines is 1. The fourth-order valence-electron chi connectivity index (χ4n) is 7.44. The standard InChI is InChI=1S/C30H24NO.C23H17O.C7H9NO/c1-32-28-19-17-27(18-20-28)31-29(24-13-7-3-8-14-24)21-26(23-11-5-2-6-12-23)22-30(31)25-15-9-4-10-16-25;1-4-10-18(11-5-1)21-16-22(19-12-6-2-7-13-19)24-23(17-21)20-14-8-3-9-15-20;1-9-7-4-2-6(8)3-5-7/h2-22H,1H3;1-17H;2-5H,8H2,1H3/q2*+1;. The van der Waals surface area contributed by atoms with Crippen molar-refractivity contribution in [2.24, 2.45) is 0 Å². The number of benzene rings is 8. The molecule has 2 N–H and O–H groups in total. The van der Waals surface area contributed by atoms with Crippen LogP contribution < -0.4 is 19.8 Å². The SMILES string of the molecule is COc1ccc(-[n+]2c(-c3ccccc3)cc(-c3ccccc3)cc2-c2ccccc2)cc1.COc1ccc(N)cc1.c1ccc(-c2cc(-c3ccccc3)[o+]c(-c3ccccc3)c2)cc1. The summed E-state index contributed by atoms with van der Waals surface area (Å²) in [6.07, 6.45) is 0. The Morgan fingerprint density at radius 1 is 0.323 bits per heavy atom. The molecule has 0 amide bonds. The predicted octanol–water partition coefficient (Wildman–Crippen LogP) is 14.8. The monoisotopic (exact) mass is 846 g/mol. The van der Waals surface area contributed by atoms with Crippen LogP contribution >= 0.6 is 0 Å². The molecule has 8 aromatic carbocycles. The zero-order valence-electron chi connectivity index (χ0n) is 36.5. The van der Waals surface area contributed by atoms with Crippen LogP contribution in [0.3, 0.4) is 0 Å². The highest BCUT2D eigenvalue weighted by Gasteiger charge is 2.25. The summed E-state index contributed by atoms with van der Waals surface area (Å²) in [6.45, 7) is 0. The zero-order valence-corrected chi connectivity index (χ0v) is 36.5. The van der Waals surface area contributed by atoms with Gasteiger partial charge in [0.15, 0.2) is 0 Å². The van der Waals surface area contributed by atoms with Gasteiger partial charge in [0.25, 0.3) is 0 Å². The maximum atomic E-state index is 6.21. The molecule has 0 spiro atoms. The Balaban J connectivity index is 0.000000153. The number of ether oxygens (including phenoxy) is 2. The summed E-state index contributed by atoms with van der Waals surface area (Å²) in [7, 11) is 3.33. The number of hydrogen-bond donors (Lipinski definition) is 1. The third-order valence-corrected chi connectivity index (χ3v) is 10.8. The first kappa shape index (κ1) is 43.1. The molecule has 0 bridgehead atoms. The van der Waals surface area contributed by atoms with E-state index >= 15 is 0 Å². The highest BCUT2D eigenvalue weighted by atomic mass is 16.5. The van der Waals surface area contributed by atoms with Crippen molar-refractivity contribution >= 4 is 5.69 Å². The largest absolute Gasteiger partial charge is 0.497 e. The van der Waals surface area contributed by atoms with E-state index in [1.54, 1.807) is 26.4 Å². The topological polar surface area (TPSA) is 59.7 Å². The van der Waals surface area contributed by atoms with E-state index in [1.807, 2.05) is 66.7 Å². The van der Waals surface area contributed by atoms with Gasteiger partial charge in [-0.3, -0.25) is 0 Å². The summed E-state index contributed by atoms with van der Waals surface area (Å²) >= 11 is 0. The predicted molar refractivity (Wildman–Crippen MR) is 268 cm³/mol. The number of nitrogens with two attached hydrogens (primary N) is 1. The van der Waals surface area contributed by atoms with Crippen molar-refractivity contribution in [1.29, 1.82) is 0 Å². The first-order valence-electron chi connectivity index (χ1n) is 21.5. The molecule has 0 saturated heterocycles. The van der Waals surface area contributed by atoms with Crippen LogP contribution in [-0.4, -0.2) is 14.2 Å². The summed E-state index contributed by atoms with van der Waals surface area (Å²) < 4.78 is 18.9. The fourth-order valence-corrected chi connectivity index (χ4v) is 7.44. The number of rotatable bonds is 9. The normalized spacial score (nSPS) is 10.4. The lowest BCUT2D eigenvalue weighted by Crippen LogP contribution is -2.36. The summed E-state index contributed by atoms with van der Waals surface area (Å²) in [4.78, 5) is 0. The number of aromatic nitrogens is 1. The lowest BCUT2D eigenvalue weighted by atomic mass is 9.98. The van der Waals surface area contributed by atoms with Crippen LogP contribution in [0.25, 0.3) is 73.1 Å². The quantitative estimate of drug-likeness (QED) is 0.0893. The molecule has 0 radical (unpaired) electrons. The number of nitrogens with zero attached hydrogens (tertiary/aromatic N) is 1. The van der Waals surface area contributed by atoms with Gasteiger partial charge in [0, 0.05) is 46.6 Å². The fraction of sp³-hybridized carbons (Fsp3) is 0.0333. The molecule has 0 aliphatic carbocycles. The van der Waals surface area contributed by atoms with Gasteiger partial charge in [-0.2, -0.15) is 4.57 Å². The lowest BCUT2D eigenvalue weighted by molar-refractivity contribution is -0.572. The average molecular weight is 847 g/mol. The van der Waals surface area contributed by atoms with Crippen LogP contribution in [0.2, 0.25) is 0 Å². The Hall–Kier alpha value is -8.54. The van der Waals surface area contributed by atoms with Gasteiger partial charge in [-0.25, -0.2) is 4.42 Å². The number of methoxy groups -OCH3 is 2. The highest BCUT2D eigenvalue weighted by Crippen LogP contribution is 2.34. The Kier molecular flexibility index (Phi) is 14.3. The Bertz CT molecular complexity index is 2800. The van der Waals surface area contributed by atoms with Crippen LogP contribution in [0, 0.1) is 0 Å². The third kappa shape index (κ3) is 11.1. The zero-order chi connectivity index (χ0) is 44.6. The van der Waals surface area contributed by atoms with Gasteiger partial charge in [0.05, 0.1) is 37.5 Å². The van der Waals surface area contributed by atoms with Gasteiger partial charge < -0.3 is 15.2 Å². The van der Waals surface area contributed by atoms with E-state index in [1.165, 1.54) is 27.8 Å². The molecule has 65 heavy (non-hydrogen) atoms. The molecule has 5 heteroatoms. The van der Waals surface area contributed by atoms with Gasteiger partial charge in [-0.05, 0) is 102 Å². The van der Waals surface area contributed by atoms with E-state index in [-0.39, 0.29) is 0 Å². The third-order valence-electron chi connectivity index (χ3n) is 10.8. The molecule has 10 rings (SSSR count). The Morgan fingerprint density at radius 3 is 0.985 bits per heavy atom. The summed E-state index contributed by atoms with van der Waals surface area (Å²) in [5.74, 6) is 3.42. The van der Waals surface area contributed by atoms with Crippen LogP contribution in [0.1, 0.15) is 0 Å². The average Bonchev–Trinajstić information content (AvgIpc) is 3.40. The van der Waals surface area contributed by atoms with E-state index in [0.29, 0.717) is 0 Å². The summed E-state index contributed by atoms with van der Waals surface area (Å²) in [5, 5.41) is 0. The molecule has 2 heterocycles. The van der Waals surface area contributed by atoms with Crippen LogP contribution in [0.5, 0.6) is 11.5 Å². The van der Waals surface area contributed by atoms with Gasteiger partial charge in [0.1, 0.15) is 11.5 Å². The van der Waals surface area contributed by atoms with Gasteiger partial charge in [-0.1, -0.05) is 133 Å². The molecule has 0 saturated carbocycles. The molecule has 0 fully saturated rings. The van der Waals surface area contributed by atoms with Crippen molar-refractivity contribution < 1.29 is 18.5 Å². The Labute approximate surface area is 381 Å². The van der Waals surface area contributed by atoms with E-state index in [4.69, 9.17) is 19.6 Å². The number of hydrogen-bond acceptors (Lipinski definition) is 3. The maximum Gasteiger partial charge on any atom is 0.361 e. The van der Waals surface area contributed by atoms with Gasteiger partial charge in [0.2, 0.25) is 17.1 Å². The molecule has 0 unspecified atom stereocenters. The smallest absolute Gasteiger partial charge is 0.361 e. The van der Waals surface area contributed by atoms with Crippen molar-refractivity contribution in [3.8, 4) is 84.6 Å². The molecule has 0 aliphatic heterocycles. The minimum Gasteiger partial charge on any atom is -0.497 e. The van der Waals surface area contributed by atoms with Gasteiger partial charge in [-0.15, -0.1) is 0 Å². The molecule has 10 aromatic rings. The number of nitrogen functional groups attached to an aromatic ring is 1. The van der Waals surface area contributed by atoms with Crippen LogP contribution in [0.15, 0.2) is 259 Å². The summed E-state index contributed by atoms with van der Waals surface area (Å²) in [5.41, 5.74) is 18.7. The van der Waals surface area contributed by atoms with Gasteiger partial charge >= 0.3 is 11.5 Å². The molecule has 0 aliphatic rings. The first-order chi connectivity index (χ1) is 32.1. The van der Waals surface area contributed by atoms with Crippen molar-refractivity contribution in [3.63, 3.8) is 0 Å². The molecule has 5 nitrogen and oxygen atoms in total. The lowest BCUT2D eigenvalue weighted by Gasteiger charge is -2.13. The minimum absolute atomic E-state index is 0.760. The molecule has 316 valence electrons. The Morgan fingerprint density at radius 2 is 0.631 bits per heavy atom. The van der Waals surface area contributed by atoms with Crippen molar-refractivity contribution in [2.75, 3.05) is 20.0 Å². The van der Waals surface area contributed by atoms with Crippen LogP contribution in [0.4, 0.5) is 5.69 Å². The minimum atomic E-state index is 0.760. The van der Waals surface area contributed by atoms with E-state index in [2.05, 4.69) is 180 Å². The maximum absolute atomic E-state index is 6.21. The molecular weight excluding hydrogens is 797 g/mol. The van der Waals surface area contributed by atoms with Crippen molar-refractivity contribution in [3.05, 3.63) is 255 Å². The van der Waals surface area contributed by atoms with E-state index in [9.17, 15) is 0 Å². The second-order valence-corrected chi connectivity index (χ2v) is 15.1. The summed E-state index contributed by atoms with van der Waals surface area (Å²) in [6, 6.07) is 86.8. The van der Waals surface area contributed by atoms with E-state index in [0.717, 1.165) is 62.5 Å². The molecular formula is C60H50N2O3+2. The number of pyridine rings is 1. The first-order valence-corrected chi connectivity index (χ1v) is 21.5. The molecule has 0 atom stereocenters.